The maximum Gasteiger partial charge on any atom is 0.259 e. The van der Waals surface area contributed by atoms with Crippen LogP contribution in [0.4, 0.5) is 5.82 Å². The van der Waals surface area contributed by atoms with E-state index in [9.17, 15) is 4.79 Å². The summed E-state index contributed by atoms with van der Waals surface area (Å²) in [6, 6.07) is 9.49. The van der Waals surface area contributed by atoms with Crippen molar-refractivity contribution in [1.29, 1.82) is 0 Å². The summed E-state index contributed by atoms with van der Waals surface area (Å²) in [6.07, 6.45) is 0.838. The van der Waals surface area contributed by atoms with Gasteiger partial charge in [0.2, 0.25) is 0 Å². The average molecular weight is 386 g/mol. The lowest BCUT2D eigenvalue weighted by Crippen LogP contribution is -2.54. The van der Waals surface area contributed by atoms with Gasteiger partial charge in [0, 0.05) is 32.3 Å². The van der Waals surface area contributed by atoms with E-state index in [1.165, 1.54) is 0 Å². The predicted molar refractivity (Wildman–Crippen MR) is 105 cm³/mol. The van der Waals surface area contributed by atoms with E-state index in [0.29, 0.717) is 50.0 Å². The highest BCUT2D eigenvalue weighted by Crippen LogP contribution is 2.32. The Kier molecular flexibility index (Phi) is 5.90. The Balaban J connectivity index is 1.66. The molecular weight excluding hydrogens is 360 g/mol. The molecule has 0 aliphatic carbocycles. The lowest BCUT2D eigenvalue weighted by Gasteiger charge is -2.32. The zero-order chi connectivity index (χ0) is 19.3. The van der Waals surface area contributed by atoms with E-state index in [2.05, 4.69) is 15.8 Å². The monoisotopic (exact) mass is 386 g/mol. The SMILES string of the molecule is CO[C@@H]1CCNC[C@@H]1NC(=O)c1c(N2CCOCC2)noc1-c1ccccc1. The number of nitrogens with zero attached hydrogens (tertiary/aromatic N) is 2. The highest BCUT2D eigenvalue weighted by atomic mass is 16.5. The fourth-order valence-electron chi connectivity index (χ4n) is 3.77. The Morgan fingerprint density at radius 2 is 2.07 bits per heavy atom. The minimum absolute atomic E-state index is 0.0166. The molecule has 3 heterocycles. The number of carbonyl (C=O) groups is 1. The minimum atomic E-state index is -0.197. The van der Waals surface area contributed by atoms with E-state index in [4.69, 9.17) is 14.0 Å². The van der Waals surface area contributed by atoms with Gasteiger partial charge in [-0.1, -0.05) is 35.5 Å². The molecule has 0 spiro atoms. The highest BCUT2D eigenvalue weighted by Gasteiger charge is 2.32. The zero-order valence-electron chi connectivity index (χ0n) is 16.0. The van der Waals surface area contributed by atoms with Crippen molar-refractivity contribution in [2.24, 2.45) is 0 Å². The Morgan fingerprint density at radius 3 is 2.82 bits per heavy atom. The lowest BCUT2D eigenvalue weighted by molar-refractivity contribution is 0.0448. The molecule has 28 heavy (non-hydrogen) atoms. The van der Waals surface area contributed by atoms with Crippen molar-refractivity contribution in [2.75, 3.05) is 51.4 Å². The maximum absolute atomic E-state index is 13.3. The number of aromatic nitrogens is 1. The molecule has 2 fully saturated rings. The van der Waals surface area contributed by atoms with Crippen LogP contribution >= 0.6 is 0 Å². The number of methoxy groups -OCH3 is 1. The topological polar surface area (TPSA) is 88.9 Å². The van der Waals surface area contributed by atoms with Crippen LogP contribution in [-0.4, -0.2) is 69.7 Å². The molecule has 8 heteroatoms. The number of ether oxygens (including phenoxy) is 2. The molecule has 1 aromatic carbocycles. The average Bonchev–Trinajstić information content (AvgIpc) is 3.21. The summed E-state index contributed by atoms with van der Waals surface area (Å²) in [6.45, 7) is 4.11. The van der Waals surface area contributed by atoms with Gasteiger partial charge in [-0.05, 0) is 13.0 Å². The van der Waals surface area contributed by atoms with Gasteiger partial charge in [-0.25, -0.2) is 0 Å². The summed E-state index contributed by atoms with van der Waals surface area (Å²) >= 11 is 0. The third kappa shape index (κ3) is 3.89. The molecule has 8 nitrogen and oxygen atoms in total. The number of anilines is 1. The first kappa shape index (κ1) is 18.9. The number of hydrogen-bond acceptors (Lipinski definition) is 7. The van der Waals surface area contributed by atoms with Crippen molar-refractivity contribution in [3.8, 4) is 11.3 Å². The van der Waals surface area contributed by atoms with Crippen molar-refractivity contribution >= 4 is 11.7 Å². The van der Waals surface area contributed by atoms with Crippen molar-refractivity contribution in [1.82, 2.24) is 15.8 Å². The first-order valence-electron chi connectivity index (χ1n) is 9.70. The third-order valence-electron chi connectivity index (χ3n) is 5.29. The summed E-state index contributed by atoms with van der Waals surface area (Å²) in [5.41, 5.74) is 1.29. The van der Waals surface area contributed by atoms with Crippen molar-refractivity contribution in [3.63, 3.8) is 0 Å². The number of amides is 1. The molecule has 2 N–H and O–H groups in total. The van der Waals surface area contributed by atoms with E-state index in [0.717, 1.165) is 18.5 Å². The van der Waals surface area contributed by atoms with Gasteiger partial charge in [-0.15, -0.1) is 0 Å². The zero-order valence-corrected chi connectivity index (χ0v) is 16.0. The third-order valence-corrected chi connectivity index (χ3v) is 5.29. The number of morpholine rings is 1. The fraction of sp³-hybridized carbons (Fsp3) is 0.500. The van der Waals surface area contributed by atoms with Gasteiger partial charge in [-0.3, -0.25) is 4.79 Å². The molecule has 2 aliphatic heterocycles. The number of carbonyl (C=O) groups excluding carboxylic acids is 1. The summed E-state index contributed by atoms with van der Waals surface area (Å²) < 4.78 is 16.7. The van der Waals surface area contributed by atoms with E-state index >= 15 is 0 Å². The predicted octanol–water partition coefficient (Wildman–Crippen LogP) is 1.28. The molecule has 2 atom stereocenters. The quantitative estimate of drug-likeness (QED) is 0.800. The van der Waals surface area contributed by atoms with Gasteiger partial charge in [0.15, 0.2) is 11.6 Å². The Labute approximate surface area is 164 Å². The lowest BCUT2D eigenvalue weighted by atomic mass is 10.0. The van der Waals surface area contributed by atoms with Gasteiger partial charge in [0.1, 0.15) is 5.56 Å². The van der Waals surface area contributed by atoms with Crippen molar-refractivity contribution < 1.29 is 18.8 Å². The first-order chi connectivity index (χ1) is 13.8. The van der Waals surface area contributed by atoms with Crippen LogP contribution in [-0.2, 0) is 9.47 Å². The molecule has 2 aromatic rings. The van der Waals surface area contributed by atoms with Crippen molar-refractivity contribution in [2.45, 2.75) is 18.6 Å². The maximum atomic E-state index is 13.3. The van der Waals surface area contributed by atoms with E-state index in [1.54, 1.807) is 7.11 Å². The van der Waals surface area contributed by atoms with Crippen LogP contribution in [0.2, 0.25) is 0 Å². The summed E-state index contributed by atoms with van der Waals surface area (Å²) in [7, 11) is 1.68. The standard InChI is InChI=1S/C20H26N4O4/c1-26-16-7-8-21-13-15(16)22-20(25)17-18(14-5-3-2-4-6-14)28-23-19(17)24-9-11-27-12-10-24/h2-6,15-16,21H,7-13H2,1H3,(H,22,25)/t15-,16+/m0/s1. The Morgan fingerprint density at radius 1 is 1.29 bits per heavy atom. The van der Waals surface area contributed by atoms with Crippen LogP contribution in [0.5, 0.6) is 0 Å². The smallest absolute Gasteiger partial charge is 0.259 e. The normalized spacial score (nSPS) is 22.8. The Bertz CT molecular complexity index is 789. The second kappa shape index (κ2) is 8.72. The van der Waals surface area contributed by atoms with Crippen LogP contribution in [0, 0.1) is 0 Å². The summed E-state index contributed by atoms with van der Waals surface area (Å²) in [4.78, 5) is 15.4. The van der Waals surface area contributed by atoms with Gasteiger partial charge in [0.25, 0.3) is 5.91 Å². The Hall–Kier alpha value is -2.42. The summed E-state index contributed by atoms with van der Waals surface area (Å²) in [5, 5.41) is 10.7. The highest BCUT2D eigenvalue weighted by molar-refractivity contribution is 6.04. The summed E-state index contributed by atoms with van der Waals surface area (Å²) in [5.74, 6) is 0.854. The molecule has 4 rings (SSSR count). The van der Waals surface area contributed by atoms with E-state index in [-0.39, 0.29) is 18.1 Å². The fourth-order valence-corrected chi connectivity index (χ4v) is 3.77. The van der Waals surface area contributed by atoms with Gasteiger partial charge in [-0.2, -0.15) is 0 Å². The number of hydrogen-bond donors (Lipinski definition) is 2. The van der Waals surface area contributed by atoms with Crippen LogP contribution in [0.15, 0.2) is 34.9 Å². The molecular formula is C20H26N4O4. The number of rotatable bonds is 5. The molecule has 1 amide bonds. The van der Waals surface area contributed by atoms with Gasteiger partial charge >= 0.3 is 0 Å². The van der Waals surface area contributed by atoms with E-state index in [1.807, 2.05) is 35.2 Å². The van der Waals surface area contributed by atoms with Crippen molar-refractivity contribution in [3.05, 3.63) is 35.9 Å². The van der Waals surface area contributed by atoms with Crippen LogP contribution < -0.4 is 15.5 Å². The molecule has 2 saturated heterocycles. The second-order valence-corrected chi connectivity index (χ2v) is 7.02. The number of benzene rings is 1. The molecule has 0 unspecified atom stereocenters. The van der Waals surface area contributed by atoms with Gasteiger partial charge in [0.05, 0.1) is 25.4 Å². The van der Waals surface area contributed by atoms with Crippen LogP contribution in [0.25, 0.3) is 11.3 Å². The van der Waals surface area contributed by atoms with Gasteiger partial charge < -0.3 is 29.5 Å². The first-order valence-corrected chi connectivity index (χ1v) is 9.70. The van der Waals surface area contributed by atoms with Crippen LogP contribution in [0.1, 0.15) is 16.8 Å². The molecule has 2 aliphatic rings. The minimum Gasteiger partial charge on any atom is -0.379 e. The molecule has 1 aromatic heterocycles. The number of nitrogens with one attached hydrogen (secondary N) is 2. The molecule has 0 bridgehead atoms. The molecule has 0 saturated carbocycles. The molecule has 0 radical (unpaired) electrons. The number of piperidine rings is 1. The second-order valence-electron chi connectivity index (χ2n) is 7.02. The molecule has 150 valence electrons. The largest absolute Gasteiger partial charge is 0.379 e. The van der Waals surface area contributed by atoms with Crippen LogP contribution in [0.3, 0.4) is 0 Å². The van der Waals surface area contributed by atoms with E-state index < -0.39 is 0 Å².